The zero-order valence-corrected chi connectivity index (χ0v) is 8.23. The molecule has 0 rings (SSSR count). The summed E-state index contributed by atoms with van der Waals surface area (Å²) >= 11 is 4.19. The molecule has 0 aromatic heterocycles. The van der Waals surface area contributed by atoms with Crippen LogP contribution in [0.15, 0.2) is 35.4 Å². The summed E-state index contributed by atoms with van der Waals surface area (Å²) in [5.74, 6) is 0. The monoisotopic (exact) mass is 169 g/mol. The van der Waals surface area contributed by atoms with Crippen LogP contribution in [-0.2, 0) is 0 Å². The van der Waals surface area contributed by atoms with Gasteiger partial charge in [0.15, 0.2) is 0 Å². The van der Waals surface area contributed by atoms with Crippen molar-refractivity contribution in [2.24, 2.45) is 0 Å². The fourth-order valence-corrected chi connectivity index (χ4v) is 0.501. The molecule has 0 saturated carbocycles. The summed E-state index contributed by atoms with van der Waals surface area (Å²) in [4.78, 5) is 2.90. The maximum atomic E-state index is 4.19. The fourth-order valence-electron chi connectivity index (χ4n) is 0.427. The number of allylic oxidation sites excluding steroid dienone is 3. The predicted octanol–water partition coefficient (Wildman–Crippen LogP) is 2.45. The predicted molar refractivity (Wildman–Crippen MR) is 54.7 cm³/mol. The number of thiol groups is 1. The Morgan fingerprint density at radius 1 is 1.36 bits per heavy atom. The first-order valence-electron chi connectivity index (χ1n) is 3.47. The third-order valence-corrected chi connectivity index (χ3v) is 1.72. The molecular weight excluding hydrogens is 154 g/mol. The first-order valence-corrected chi connectivity index (χ1v) is 3.92. The van der Waals surface area contributed by atoms with E-state index in [1.54, 1.807) is 0 Å². The van der Waals surface area contributed by atoms with Gasteiger partial charge in [-0.3, -0.25) is 0 Å². The molecule has 11 heavy (non-hydrogen) atoms. The molecule has 0 spiro atoms. The van der Waals surface area contributed by atoms with E-state index in [1.165, 1.54) is 0 Å². The van der Waals surface area contributed by atoms with E-state index in [4.69, 9.17) is 0 Å². The standard InChI is InChI=1S/C9H15NS/c1-5-9(11)7-6-8(2)10(3)4/h5-7,11H,2H2,1,3-4H3/b7-6-,9-5+. The van der Waals surface area contributed by atoms with Crippen molar-refractivity contribution >= 4 is 12.6 Å². The maximum absolute atomic E-state index is 4.19. The van der Waals surface area contributed by atoms with E-state index >= 15 is 0 Å². The van der Waals surface area contributed by atoms with Crippen LogP contribution < -0.4 is 0 Å². The second-order valence-corrected chi connectivity index (χ2v) is 2.95. The highest BCUT2D eigenvalue weighted by Gasteiger charge is 1.87. The molecule has 0 bridgehead atoms. The van der Waals surface area contributed by atoms with E-state index < -0.39 is 0 Å². The van der Waals surface area contributed by atoms with Gasteiger partial charge in [-0.1, -0.05) is 12.7 Å². The van der Waals surface area contributed by atoms with E-state index in [0.29, 0.717) is 0 Å². The van der Waals surface area contributed by atoms with Crippen molar-refractivity contribution in [1.29, 1.82) is 0 Å². The summed E-state index contributed by atoms with van der Waals surface area (Å²) in [7, 11) is 3.92. The van der Waals surface area contributed by atoms with Gasteiger partial charge in [0.25, 0.3) is 0 Å². The number of rotatable bonds is 3. The van der Waals surface area contributed by atoms with Gasteiger partial charge in [-0.25, -0.2) is 0 Å². The largest absolute Gasteiger partial charge is 0.378 e. The first-order chi connectivity index (χ1) is 5.07. The van der Waals surface area contributed by atoms with Crippen LogP contribution in [0.3, 0.4) is 0 Å². The van der Waals surface area contributed by atoms with Crippen molar-refractivity contribution < 1.29 is 0 Å². The number of likely N-dealkylation sites (N-methyl/N-ethyl adjacent to an activating group) is 1. The number of hydrogen-bond donors (Lipinski definition) is 1. The van der Waals surface area contributed by atoms with Gasteiger partial charge >= 0.3 is 0 Å². The van der Waals surface area contributed by atoms with Gasteiger partial charge in [0.05, 0.1) is 0 Å². The van der Waals surface area contributed by atoms with Crippen molar-refractivity contribution in [3.63, 3.8) is 0 Å². The van der Waals surface area contributed by atoms with E-state index in [1.807, 2.05) is 44.1 Å². The molecule has 0 aromatic carbocycles. The summed E-state index contributed by atoms with van der Waals surface area (Å²) < 4.78 is 0. The van der Waals surface area contributed by atoms with Crippen LogP contribution in [0.5, 0.6) is 0 Å². The third-order valence-electron chi connectivity index (χ3n) is 1.32. The van der Waals surface area contributed by atoms with E-state index in [2.05, 4.69) is 19.2 Å². The lowest BCUT2D eigenvalue weighted by Gasteiger charge is -2.10. The minimum absolute atomic E-state index is 0.952. The van der Waals surface area contributed by atoms with Crippen LogP contribution in [0.25, 0.3) is 0 Å². The minimum atomic E-state index is 0.952. The summed E-state index contributed by atoms with van der Waals surface area (Å²) in [5.41, 5.74) is 0.971. The van der Waals surface area contributed by atoms with E-state index in [-0.39, 0.29) is 0 Å². The first kappa shape index (κ1) is 10.4. The van der Waals surface area contributed by atoms with Crippen molar-refractivity contribution in [1.82, 2.24) is 4.90 Å². The van der Waals surface area contributed by atoms with Crippen LogP contribution in [0.1, 0.15) is 6.92 Å². The molecule has 0 heterocycles. The second kappa shape index (κ2) is 5.08. The van der Waals surface area contributed by atoms with Gasteiger partial charge in [0, 0.05) is 19.8 Å². The van der Waals surface area contributed by atoms with Crippen molar-refractivity contribution in [3.8, 4) is 0 Å². The lowest BCUT2D eigenvalue weighted by atomic mass is 10.3. The van der Waals surface area contributed by atoms with Gasteiger partial charge in [-0.2, -0.15) is 0 Å². The molecule has 2 heteroatoms. The molecule has 0 amide bonds. The maximum Gasteiger partial charge on any atom is 0.0288 e. The molecule has 0 N–H and O–H groups in total. The molecule has 0 aromatic rings. The summed E-state index contributed by atoms with van der Waals surface area (Å²) in [6.45, 7) is 5.79. The second-order valence-electron chi connectivity index (χ2n) is 2.43. The molecule has 62 valence electrons. The molecule has 0 aliphatic rings. The van der Waals surface area contributed by atoms with Crippen molar-refractivity contribution in [3.05, 3.63) is 35.4 Å². The van der Waals surface area contributed by atoms with Crippen molar-refractivity contribution in [2.45, 2.75) is 6.92 Å². The van der Waals surface area contributed by atoms with Gasteiger partial charge in [0.1, 0.15) is 0 Å². The Bertz CT molecular complexity index is 190. The molecular formula is C9H15NS. The molecule has 0 radical (unpaired) electrons. The zero-order valence-electron chi connectivity index (χ0n) is 7.33. The Labute approximate surface area is 74.5 Å². The normalized spacial score (nSPS) is 12.2. The minimum Gasteiger partial charge on any atom is -0.378 e. The van der Waals surface area contributed by atoms with Gasteiger partial charge in [-0.05, 0) is 24.0 Å². The molecule has 0 fully saturated rings. The van der Waals surface area contributed by atoms with Gasteiger partial charge < -0.3 is 4.90 Å². The Balaban J connectivity index is 4.04. The van der Waals surface area contributed by atoms with Crippen molar-refractivity contribution in [2.75, 3.05) is 14.1 Å². The Kier molecular flexibility index (Phi) is 4.79. The molecule has 0 unspecified atom stereocenters. The molecule has 0 atom stereocenters. The topological polar surface area (TPSA) is 3.24 Å². The highest BCUT2D eigenvalue weighted by atomic mass is 32.1. The van der Waals surface area contributed by atoms with Crippen LogP contribution >= 0.6 is 12.6 Å². The average molecular weight is 169 g/mol. The lowest BCUT2D eigenvalue weighted by Crippen LogP contribution is -2.07. The van der Waals surface area contributed by atoms with Crippen LogP contribution in [0.4, 0.5) is 0 Å². The average Bonchev–Trinajstić information content (AvgIpc) is 1.99. The smallest absolute Gasteiger partial charge is 0.0288 e. The lowest BCUT2D eigenvalue weighted by molar-refractivity contribution is 0.532. The number of nitrogens with zero attached hydrogens (tertiary/aromatic N) is 1. The van der Waals surface area contributed by atoms with E-state index in [9.17, 15) is 0 Å². The zero-order chi connectivity index (χ0) is 8.85. The third kappa shape index (κ3) is 4.73. The Morgan fingerprint density at radius 3 is 2.27 bits per heavy atom. The van der Waals surface area contributed by atoms with Gasteiger partial charge in [0.2, 0.25) is 0 Å². The SMILES string of the molecule is C=C(/C=C\C(S)=C/C)N(C)C. The van der Waals surface area contributed by atoms with Crippen LogP contribution in [0.2, 0.25) is 0 Å². The fraction of sp³-hybridized carbons (Fsp3) is 0.333. The molecule has 0 saturated heterocycles. The van der Waals surface area contributed by atoms with Crippen LogP contribution in [0, 0.1) is 0 Å². The van der Waals surface area contributed by atoms with Gasteiger partial charge in [-0.15, -0.1) is 12.6 Å². The Morgan fingerprint density at radius 2 is 1.91 bits per heavy atom. The summed E-state index contributed by atoms with van der Waals surface area (Å²) in [5, 5.41) is 0. The summed E-state index contributed by atoms with van der Waals surface area (Å²) in [6, 6.07) is 0. The van der Waals surface area contributed by atoms with E-state index in [0.717, 1.165) is 10.6 Å². The Hall–Kier alpha value is -0.630. The van der Waals surface area contributed by atoms with Crippen LogP contribution in [-0.4, -0.2) is 19.0 Å². The highest BCUT2D eigenvalue weighted by Crippen LogP contribution is 2.04. The molecule has 1 nitrogen and oxygen atoms in total. The quantitative estimate of drug-likeness (QED) is 0.501. The molecule has 0 aliphatic carbocycles. The highest BCUT2D eigenvalue weighted by molar-refractivity contribution is 7.84. The number of hydrogen-bond acceptors (Lipinski definition) is 2. The molecule has 0 aliphatic heterocycles. The summed E-state index contributed by atoms with van der Waals surface area (Å²) in [6.07, 6.45) is 5.79.